The molecular formula is C16H11N. The molecule has 0 unspecified atom stereocenters. The first-order valence-electron chi connectivity index (χ1n) is 5.60. The summed E-state index contributed by atoms with van der Waals surface area (Å²) >= 11 is 0. The van der Waals surface area contributed by atoms with E-state index in [4.69, 9.17) is 0 Å². The SMILES string of the molecule is [c]1c([N]c2ccccc2)ccc2ccccc12. The third kappa shape index (κ3) is 2.13. The van der Waals surface area contributed by atoms with E-state index in [1.54, 1.807) is 0 Å². The van der Waals surface area contributed by atoms with E-state index in [0.717, 1.165) is 16.8 Å². The van der Waals surface area contributed by atoms with E-state index >= 15 is 0 Å². The number of para-hydroxylation sites is 1. The molecule has 0 aliphatic carbocycles. The van der Waals surface area contributed by atoms with Crippen molar-refractivity contribution in [2.45, 2.75) is 0 Å². The Labute approximate surface area is 101 Å². The summed E-state index contributed by atoms with van der Waals surface area (Å²) in [7, 11) is 0. The van der Waals surface area contributed by atoms with E-state index in [9.17, 15) is 0 Å². The number of rotatable bonds is 2. The zero-order valence-electron chi connectivity index (χ0n) is 9.30. The minimum atomic E-state index is 0.870. The maximum absolute atomic E-state index is 4.54. The Morgan fingerprint density at radius 3 is 2.35 bits per heavy atom. The van der Waals surface area contributed by atoms with Gasteiger partial charge >= 0.3 is 0 Å². The molecule has 0 amide bonds. The van der Waals surface area contributed by atoms with Gasteiger partial charge in [0.05, 0.1) is 11.4 Å². The van der Waals surface area contributed by atoms with Crippen molar-refractivity contribution in [1.29, 1.82) is 0 Å². The third-order valence-electron chi connectivity index (χ3n) is 2.65. The van der Waals surface area contributed by atoms with Crippen LogP contribution >= 0.6 is 0 Å². The van der Waals surface area contributed by atoms with Crippen LogP contribution in [0.4, 0.5) is 11.4 Å². The van der Waals surface area contributed by atoms with Gasteiger partial charge < -0.3 is 0 Å². The lowest BCUT2D eigenvalue weighted by atomic mass is 10.1. The van der Waals surface area contributed by atoms with Crippen molar-refractivity contribution < 1.29 is 0 Å². The monoisotopic (exact) mass is 217 g/mol. The summed E-state index contributed by atoms with van der Waals surface area (Å²) in [6.07, 6.45) is 0. The summed E-state index contributed by atoms with van der Waals surface area (Å²) in [6.45, 7) is 0. The fourth-order valence-electron chi connectivity index (χ4n) is 1.81. The Balaban J connectivity index is 1.96. The lowest BCUT2D eigenvalue weighted by Gasteiger charge is -2.03. The van der Waals surface area contributed by atoms with Gasteiger partial charge in [0.15, 0.2) is 0 Å². The van der Waals surface area contributed by atoms with E-state index in [0.29, 0.717) is 0 Å². The first kappa shape index (κ1) is 9.91. The van der Waals surface area contributed by atoms with Gasteiger partial charge in [-0.1, -0.05) is 48.5 Å². The van der Waals surface area contributed by atoms with Gasteiger partial charge in [-0.25, -0.2) is 5.32 Å². The van der Waals surface area contributed by atoms with Crippen LogP contribution in [0.15, 0.2) is 66.7 Å². The molecular weight excluding hydrogens is 206 g/mol. The van der Waals surface area contributed by atoms with Gasteiger partial charge in [0.25, 0.3) is 0 Å². The topological polar surface area (TPSA) is 14.1 Å². The molecule has 0 atom stereocenters. The standard InChI is InChI=1S/C16H11N/c1-2-8-15(9-3-1)17-16-11-10-13-6-4-5-7-14(13)12-16/h1-11H. The highest BCUT2D eigenvalue weighted by atomic mass is 14.9. The molecule has 3 aromatic carbocycles. The van der Waals surface area contributed by atoms with Crippen LogP contribution < -0.4 is 5.32 Å². The highest BCUT2D eigenvalue weighted by Gasteiger charge is 1.98. The smallest absolute Gasteiger partial charge is 0.0722 e. The molecule has 0 fully saturated rings. The lowest BCUT2D eigenvalue weighted by Crippen LogP contribution is -1.88. The third-order valence-corrected chi connectivity index (χ3v) is 2.65. The van der Waals surface area contributed by atoms with Crippen molar-refractivity contribution in [1.82, 2.24) is 5.32 Å². The van der Waals surface area contributed by atoms with E-state index in [-0.39, 0.29) is 0 Å². The maximum Gasteiger partial charge on any atom is 0.0722 e. The predicted octanol–water partition coefficient (Wildman–Crippen LogP) is 4.21. The number of hydrogen-bond donors (Lipinski definition) is 0. The Hall–Kier alpha value is -2.28. The summed E-state index contributed by atoms with van der Waals surface area (Å²) < 4.78 is 0. The zero-order valence-corrected chi connectivity index (χ0v) is 9.30. The zero-order chi connectivity index (χ0) is 11.5. The van der Waals surface area contributed by atoms with E-state index in [2.05, 4.69) is 29.6 Å². The molecule has 0 aromatic heterocycles. The van der Waals surface area contributed by atoms with E-state index in [1.807, 2.05) is 48.5 Å². The van der Waals surface area contributed by atoms with Crippen molar-refractivity contribution in [3.05, 3.63) is 72.8 Å². The first-order chi connectivity index (χ1) is 8.42. The fraction of sp³-hybridized carbons (Fsp3) is 0. The predicted molar refractivity (Wildman–Crippen MR) is 70.7 cm³/mol. The summed E-state index contributed by atoms with van der Waals surface area (Å²) in [5.74, 6) is 0. The molecule has 3 aromatic rings. The second-order valence-corrected chi connectivity index (χ2v) is 3.88. The van der Waals surface area contributed by atoms with Crippen LogP contribution in [0.2, 0.25) is 0 Å². The molecule has 2 radical (unpaired) electrons. The molecule has 80 valence electrons. The molecule has 0 N–H and O–H groups in total. The van der Waals surface area contributed by atoms with Gasteiger partial charge in [-0.15, -0.1) is 0 Å². The molecule has 0 spiro atoms. The molecule has 1 heteroatoms. The van der Waals surface area contributed by atoms with Gasteiger partial charge in [0.1, 0.15) is 0 Å². The molecule has 0 aliphatic rings. The normalized spacial score (nSPS) is 10.4. The van der Waals surface area contributed by atoms with Crippen LogP contribution in [-0.4, -0.2) is 0 Å². The van der Waals surface area contributed by atoms with Gasteiger partial charge in [-0.3, -0.25) is 0 Å². The Bertz CT molecular complexity index is 629. The average molecular weight is 217 g/mol. The Morgan fingerprint density at radius 2 is 1.47 bits per heavy atom. The molecule has 0 bridgehead atoms. The fourth-order valence-corrected chi connectivity index (χ4v) is 1.81. The molecule has 1 nitrogen and oxygen atoms in total. The van der Waals surface area contributed by atoms with Crippen LogP contribution in [0.3, 0.4) is 0 Å². The van der Waals surface area contributed by atoms with Crippen molar-refractivity contribution in [2.24, 2.45) is 0 Å². The van der Waals surface area contributed by atoms with Gasteiger partial charge in [0, 0.05) is 6.07 Å². The minimum absolute atomic E-state index is 0.870. The van der Waals surface area contributed by atoms with Crippen molar-refractivity contribution in [3.63, 3.8) is 0 Å². The van der Waals surface area contributed by atoms with Crippen LogP contribution in [0.25, 0.3) is 10.8 Å². The molecule has 0 heterocycles. The van der Waals surface area contributed by atoms with Crippen molar-refractivity contribution in [2.75, 3.05) is 0 Å². The summed E-state index contributed by atoms with van der Waals surface area (Å²) in [4.78, 5) is 0. The van der Waals surface area contributed by atoms with Gasteiger partial charge in [0.2, 0.25) is 0 Å². The molecule has 0 saturated heterocycles. The van der Waals surface area contributed by atoms with Crippen molar-refractivity contribution >= 4 is 22.1 Å². The summed E-state index contributed by atoms with van der Waals surface area (Å²) in [5.41, 5.74) is 1.83. The van der Waals surface area contributed by atoms with Gasteiger partial charge in [-0.2, -0.15) is 0 Å². The minimum Gasteiger partial charge on any atom is -0.248 e. The first-order valence-corrected chi connectivity index (χ1v) is 5.60. The second-order valence-electron chi connectivity index (χ2n) is 3.88. The summed E-state index contributed by atoms with van der Waals surface area (Å²) in [6, 6.07) is 25.5. The van der Waals surface area contributed by atoms with Crippen LogP contribution in [0, 0.1) is 6.07 Å². The maximum atomic E-state index is 4.54. The number of benzene rings is 3. The average Bonchev–Trinajstić information content (AvgIpc) is 2.40. The Kier molecular flexibility index (Phi) is 2.51. The molecule has 3 rings (SSSR count). The number of hydrogen-bond acceptors (Lipinski definition) is 0. The highest BCUT2D eigenvalue weighted by molar-refractivity contribution is 5.84. The molecule has 0 aliphatic heterocycles. The second kappa shape index (κ2) is 4.30. The Morgan fingerprint density at radius 1 is 0.706 bits per heavy atom. The highest BCUT2D eigenvalue weighted by Crippen LogP contribution is 2.21. The van der Waals surface area contributed by atoms with Crippen LogP contribution in [0.1, 0.15) is 0 Å². The van der Waals surface area contributed by atoms with Gasteiger partial charge in [-0.05, 0) is 29.0 Å². The number of nitrogens with zero attached hydrogens (tertiary/aromatic N) is 1. The largest absolute Gasteiger partial charge is 0.248 e. The lowest BCUT2D eigenvalue weighted by molar-refractivity contribution is 1.19. The quantitative estimate of drug-likeness (QED) is 0.610. The van der Waals surface area contributed by atoms with Crippen LogP contribution in [-0.2, 0) is 0 Å². The number of fused-ring (bicyclic) bond motifs is 1. The molecule has 17 heavy (non-hydrogen) atoms. The van der Waals surface area contributed by atoms with E-state index in [1.165, 1.54) is 5.39 Å². The van der Waals surface area contributed by atoms with E-state index < -0.39 is 0 Å². The summed E-state index contributed by atoms with van der Waals surface area (Å²) in [5, 5.41) is 6.83. The molecule has 0 saturated carbocycles. The van der Waals surface area contributed by atoms with Crippen LogP contribution in [0.5, 0.6) is 0 Å². The van der Waals surface area contributed by atoms with Crippen molar-refractivity contribution in [3.8, 4) is 0 Å².